The van der Waals surface area contributed by atoms with Crippen LogP contribution in [-0.4, -0.2) is 5.04 Å². The first kappa shape index (κ1) is 27.2. The second kappa shape index (κ2) is 12.4. The number of thioether (sulfide) groups is 1. The minimum atomic E-state index is 0.210. The lowest BCUT2D eigenvalue weighted by atomic mass is 9.63. The summed E-state index contributed by atoms with van der Waals surface area (Å²) < 4.78 is 0. The lowest BCUT2D eigenvalue weighted by Gasteiger charge is -2.42. The van der Waals surface area contributed by atoms with Crippen LogP contribution in [0.25, 0.3) is 4.91 Å². The molecular formula is C30H49NS. The summed E-state index contributed by atoms with van der Waals surface area (Å²) in [6.45, 7) is 18.4. The summed E-state index contributed by atoms with van der Waals surface area (Å²) in [4.78, 5) is 1.04. The van der Waals surface area contributed by atoms with Crippen molar-refractivity contribution in [2.45, 2.75) is 129 Å². The van der Waals surface area contributed by atoms with Gasteiger partial charge in [-0.3, -0.25) is 5.41 Å². The van der Waals surface area contributed by atoms with Crippen LogP contribution in [0.15, 0.2) is 24.8 Å². The van der Waals surface area contributed by atoms with E-state index in [9.17, 15) is 0 Å². The molecule has 180 valence electrons. The largest absolute Gasteiger partial charge is 0.298 e. The number of unbranched alkanes of at least 4 members (excludes halogenated alkanes) is 6. The van der Waals surface area contributed by atoms with Crippen LogP contribution in [0.4, 0.5) is 0 Å². The van der Waals surface area contributed by atoms with Gasteiger partial charge in [-0.25, -0.2) is 0 Å². The highest BCUT2D eigenvalue weighted by Gasteiger charge is 2.37. The van der Waals surface area contributed by atoms with E-state index in [1.807, 2.05) is 0 Å². The van der Waals surface area contributed by atoms with Gasteiger partial charge in [0.15, 0.2) is 0 Å². The Kier molecular flexibility index (Phi) is 10.6. The van der Waals surface area contributed by atoms with Gasteiger partial charge < -0.3 is 0 Å². The number of benzene rings is 1. The molecule has 1 N–H and O–H groups in total. The molecule has 32 heavy (non-hydrogen) atoms. The maximum absolute atomic E-state index is 8.83. The van der Waals surface area contributed by atoms with Crippen molar-refractivity contribution in [3.05, 3.63) is 41.5 Å². The van der Waals surface area contributed by atoms with Gasteiger partial charge in [-0.1, -0.05) is 123 Å². The molecule has 0 aromatic heterocycles. The Bertz CT molecular complexity index is 758. The minimum Gasteiger partial charge on any atom is -0.298 e. The lowest BCUT2D eigenvalue weighted by molar-refractivity contribution is 0.332. The Labute approximate surface area is 203 Å². The Morgan fingerprint density at radius 2 is 1.47 bits per heavy atom. The molecule has 0 amide bonds. The maximum Gasteiger partial charge on any atom is 0.0720 e. The Hall–Kier alpha value is -1.02. The molecule has 0 fully saturated rings. The fourth-order valence-corrected chi connectivity index (χ4v) is 6.05. The van der Waals surface area contributed by atoms with E-state index < -0.39 is 0 Å². The molecule has 0 spiro atoms. The Morgan fingerprint density at radius 1 is 0.875 bits per heavy atom. The van der Waals surface area contributed by atoms with E-state index in [-0.39, 0.29) is 10.8 Å². The molecule has 1 aliphatic rings. The molecule has 1 unspecified atom stereocenters. The van der Waals surface area contributed by atoms with Gasteiger partial charge in [0.1, 0.15) is 0 Å². The monoisotopic (exact) mass is 455 g/mol. The zero-order chi connectivity index (χ0) is 23.8. The van der Waals surface area contributed by atoms with Crippen molar-refractivity contribution >= 4 is 21.7 Å². The molecule has 0 heterocycles. The summed E-state index contributed by atoms with van der Waals surface area (Å²) in [7, 11) is 0. The van der Waals surface area contributed by atoms with E-state index in [1.54, 1.807) is 11.8 Å². The average Bonchev–Trinajstić information content (AvgIpc) is 2.75. The third kappa shape index (κ3) is 7.51. The van der Waals surface area contributed by atoms with E-state index in [4.69, 9.17) is 5.41 Å². The zero-order valence-electron chi connectivity index (χ0n) is 21.9. The number of nitrogens with one attached hydrogen (secondary N) is 1. The van der Waals surface area contributed by atoms with Gasteiger partial charge in [0.25, 0.3) is 0 Å². The predicted molar refractivity (Wildman–Crippen MR) is 147 cm³/mol. The van der Waals surface area contributed by atoms with Crippen LogP contribution in [0.1, 0.15) is 135 Å². The van der Waals surface area contributed by atoms with E-state index in [0.717, 1.165) is 29.2 Å². The number of rotatable bonds is 13. The Morgan fingerprint density at radius 3 is 2.09 bits per heavy atom. The number of hydrogen-bond donors (Lipinski definition) is 1. The van der Waals surface area contributed by atoms with Crippen LogP contribution in [0.2, 0.25) is 0 Å². The molecule has 0 saturated carbocycles. The van der Waals surface area contributed by atoms with E-state index >= 15 is 0 Å². The highest BCUT2D eigenvalue weighted by Crippen LogP contribution is 2.47. The van der Waals surface area contributed by atoms with Crippen LogP contribution in [0, 0.1) is 11.3 Å². The Balaban J connectivity index is 1.98. The topological polar surface area (TPSA) is 23.9 Å². The molecule has 1 aromatic rings. The quantitative estimate of drug-likeness (QED) is 0.178. The maximum atomic E-state index is 8.83. The summed E-state index contributed by atoms with van der Waals surface area (Å²) in [5.74, 6) is 0.394. The summed E-state index contributed by atoms with van der Waals surface area (Å²) in [5, 5.41) is 9.65. The van der Waals surface area contributed by atoms with Crippen LogP contribution in [0.5, 0.6) is 0 Å². The van der Waals surface area contributed by atoms with Crippen LogP contribution in [0.3, 0.4) is 0 Å². The first-order valence-electron chi connectivity index (χ1n) is 13.2. The van der Waals surface area contributed by atoms with E-state index in [1.165, 1.54) is 74.5 Å². The van der Waals surface area contributed by atoms with Crippen molar-refractivity contribution in [3.63, 3.8) is 0 Å². The molecule has 2 rings (SSSR count). The molecule has 1 aromatic carbocycles. The first-order valence-corrected chi connectivity index (χ1v) is 14.0. The van der Waals surface area contributed by atoms with E-state index in [0.29, 0.717) is 5.92 Å². The predicted octanol–water partition coefficient (Wildman–Crippen LogP) is 10.3. The second-order valence-electron chi connectivity index (χ2n) is 11.3. The normalized spacial score (nSPS) is 17.6. The summed E-state index contributed by atoms with van der Waals surface area (Å²) >= 11 is 1.62. The van der Waals surface area contributed by atoms with Gasteiger partial charge in [0.2, 0.25) is 0 Å². The fourth-order valence-electron chi connectivity index (χ4n) is 5.14. The lowest BCUT2D eigenvalue weighted by Crippen LogP contribution is -2.33. The van der Waals surface area contributed by atoms with Gasteiger partial charge in [-0.05, 0) is 59.3 Å². The molecule has 1 atom stereocenters. The highest BCUT2D eigenvalue weighted by molar-refractivity contribution is 8.21. The molecule has 1 nitrogen and oxygen atoms in total. The van der Waals surface area contributed by atoms with Gasteiger partial charge in [-0.2, -0.15) is 0 Å². The van der Waals surface area contributed by atoms with Crippen molar-refractivity contribution < 1.29 is 0 Å². The summed E-state index contributed by atoms with van der Waals surface area (Å²) in [6, 6.07) is 6.96. The highest BCUT2D eigenvalue weighted by atomic mass is 32.2. The molecule has 0 aliphatic heterocycles. The van der Waals surface area contributed by atoms with Gasteiger partial charge >= 0.3 is 0 Å². The van der Waals surface area contributed by atoms with Crippen molar-refractivity contribution in [2.24, 2.45) is 5.92 Å². The standard InChI is InChI=1S/C30H49NS/c1-8-10-11-12-13-14-15-17-24(16-9-2)28(31)32-23(3)25-18-19-26-27(22-25)30(6,7)21-20-29(26,4)5/h18-19,22,24,31H,3,8-17,20-21H2,1-2,4-7H3. The molecule has 1 aliphatic carbocycles. The fraction of sp³-hybridized carbons (Fsp3) is 0.700. The average molecular weight is 456 g/mol. The zero-order valence-corrected chi connectivity index (χ0v) is 22.7. The third-order valence-corrected chi connectivity index (χ3v) is 8.61. The molecule has 2 heteroatoms. The van der Waals surface area contributed by atoms with Crippen molar-refractivity contribution in [2.75, 3.05) is 0 Å². The smallest absolute Gasteiger partial charge is 0.0720 e. The van der Waals surface area contributed by atoms with Crippen molar-refractivity contribution in [1.82, 2.24) is 0 Å². The molecule has 0 saturated heterocycles. The van der Waals surface area contributed by atoms with Gasteiger partial charge in [-0.15, -0.1) is 0 Å². The van der Waals surface area contributed by atoms with Crippen LogP contribution >= 0.6 is 11.8 Å². The van der Waals surface area contributed by atoms with E-state index in [2.05, 4.69) is 66.3 Å². The minimum absolute atomic E-state index is 0.210. The first-order chi connectivity index (χ1) is 15.1. The molecule has 0 bridgehead atoms. The van der Waals surface area contributed by atoms with Gasteiger partial charge in [0.05, 0.1) is 5.04 Å². The SMILES string of the molecule is C=C(SC(=N)C(CCC)CCCCCCCCC)c1ccc2c(c1)C(C)(C)CCC2(C)C. The number of fused-ring (bicyclic) bond motifs is 1. The second-order valence-corrected chi connectivity index (χ2v) is 12.4. The number of hydrogen-bond acceptors (Lipinski definition) is 2. The molecule has 0 radical (unpaired) electrons. The van der Waals surface area contributed by atoms with Crippen molar-refractivity contribution in [3.8, 4) is 0 Å². The van der Waals surface area contributed by atoms with Crippen LogP contribution in [-0.2, 0) is 10.8 Å². The van der Waals surface area contributed by atoms with Crippen molar-refractivity contribution in [1.29, 1.82) is 5.41 Å². The summed E-state index contributed by atoms with van der Waals surface area (Å²) in [6.07, 6.45) is 15.3. The van der Waals surface area contributed by atoms with Crippen LogP contribution < -0.4 is 0 Å². The van der Waals surface area contributed by atoms with Gasteiger partial charge in [0, 0.05) is 10.8 Å². The molecular weight excluding hydrogens is 406 g/mol. The summed E-state index contributed by atoms with van der Waals surface area (Å²) in [5.41, 5.74) is 4.63. The third-order valence-electron chi connectivity index (χ3n) is 7.57.